The van der Waals surface area contributed by atoms with Crippen LogP contribution in [-0.2, 0) is 6.42 Å². The van der Waals surface area contributed by atoms with Crippen molar-refractivity contribution < 1.29 is 14.5 Å². The standard InChI is InChI=1S/C22H21N5O4/c1-2-15-3-5-16(6-4-15)23-21(28)24-17-7-9-18(10-8-17)25-22(29)26-19-11-13-20(14-12-19)27(30)31/h3-14H,2H2,1H3,(H2,23,24,28)(H2,25,26,29). The number of urea groups is 2. The van der Waals surface area contributed by atoms with Crippen LogP contribution < -0.4 is 21.3 Å². The predicted molar refractivity (Wildman–Crippen MR) is 121 cm³/mol. The zero-order chi connectivity index (χ0) is 22.2. The number of anilines is 4. The normalized spacial score (nSPS) is 10.1. The van der Waals surface area contributed by atoms with Crippen molar-refractivity contribution in [2.75, 3.05) is 21.3 Å². The van der Waals surface area contributed by atoms with Gasteiger partial charge in [0.25, 0.3) is 5.69 Å². The maximum absolute atomic E-state index is 12.1. The molecule has 3 aromatic rings. The molecule has 3 aromatic carbocycles. The van der Waals surface area contributed by atoms with E-state index >= 15 is 0 Å². The first-order valence-corrected chi connectivity index (χ1v) is 9.52. The van der Waals surface area contributed by atoms with E-state index in [1.54, 1.807) is 24.3 Å². The van der Waals surface area contributed by atoms with Crippen molar-refractivity contribution >= 4 is 40.5 Å². The molecule has 4 N–H and O–H groups in total. The molecule has 0 fully saturated rings. The first-order chi connectivity index (χ1) is 14.9. The van der Waals surface area contributed by atoms with E-state index in [1.165, 1.54) is 29.8 Å². The number of nitro benzene ring substituents is 1. The van der Waals surface area contributed by atoms with Crippen LogP contribution in [0.2, 0.25) is 0 Å². The van der Waals surface area contributed by atoms with Crippen LogP contribution in [0.3, 0.4) is 0 Å². The van der Waals surface area contributed by atoms with Gasteiger partial charge in [-0.1, -0.05) is 19.1 Å². The molecule has 0 aliphatic heterocycles. The van der Waals surface area contributed by atoms with E-state index in [-0.39, 0.29) is 11.7 Å². The lowest BCUT2D eigenvalue weighted by Gasteiger charge is -2.10. The van der Waals surface area contributed by atoms with Gasteiger partial charge in [0.2, 0.25) is 0 Å². The molecule has 0 radical (unpaired) electrons. The zero-order valence-corrected chi connectivity index (χ0v) is 16.7. The Labute approximate surface area is 178 Å². The minimum atomic E-state index is -0.512. The number of nitro groups is 1. The van der Waals surface area contributed by atoms with E-state index in [1.807, 2.05) is 24.3 Å². The average Bonchev–Trinajstić information content (AvgIpc) is 2.76. The molecular weight excluding hydrogens is 398 g/mol. The summed E-state index contributed by atoms with van der Waals surface area (Å²) in [4.78, 5) is 34.3. The van der Waals surface area contributed by atoms with Gasteiger partial charge in [0.05, 0.1) is 4.92 Å². The number of rotatable bonds is 6. The zero-order valence-electron chi connectivity index (χ0n) is 16.7. The Morgan fingerprint density at radius 1 is 0.677 bits per heavy atom. The Kier molecular flexibility index (Phi) is 6.79. The van der Waals surface area contributed by atoms with Gasteiger partial charge in [-0.15, -0.1) is 0 Å². The smallest absolute Gasteiger partial charge is 0.308 e. The second-order valence-electron chi connectivity index (χ2n) is 6.59. The van der Waals surface area contributed by atoms with Crippen molar-refractivity contribution in [1.82, 2.24) is 0 Å². The van der Waals surface area contributed by atoms with Gasteiger partial charge in [0.15, 0.2) is 0 Å². The van der Waals surface area contributed by atoms with Crippen molar-refractivity contribution in [3.05, 3.63) is 88.5 Å². The second-order valence-corrected chi connectivity index (χ2v) is 6.59. The summed E-state index contributed by atoms with van der Waals surface area (Å²) in [6.45, 7) is 2.06. The number of hydrogen-bond donors (Lipinski definition) is 4. The molecule has 4 amide bonds. The van der Waals surface area contributed by atoms with E-state index in [0.29, 0.717) is 22.7 Å². The van der Waals surface area contributed by atoms with Gasteiger partial charge >= 0.3 is 12.1 Å². The molecule has 0 saturated heterocycles. The van der Waals surface area contributed by atoms with Gasteiger partial charge in [0.1, 0.15) is 0 Å². The largest absolute Gasteiger partial charge is 0.323 e. The summed E-state index contributed by atoms with van der Waals surface area (Å²) in [5.41, 5.74) is 3.31. The van der Waals surface area contributed by atoms with Gasteiger partial charge in [-0.3, -0.25) is 10.1 Å². The van der Waals surface area contributed by atoms with Crippen LogP contribution >= 0.6 is 0 Å². The van der Waals surface area contributed by atoms with E-state index in [0.717, 1.165) is 6.42 Å². The monoisotopic (exact) mass is 419 g/mol. The third-order valence-electron chi connectivity index (χ3n) is 4.36. The molecule has 0 unspecified atom stereocenters. The SMILES string of the molecule is CCc1ccc(NC(=O)Nc2ccc(NC(=O)Nc3ccc([N+](=O)[O-])cc3)cc2)cc1. The molecule has 0 spiro atoms. The first kappa shape index (κ1) is 21.3. The lowest BCUT2D eigenvalue weighted by molar-refractivity contribution is -0.384. The summed E-state index contributed by atoms with van der Waals surface area (Å²) in [5.74, 6) is 0. The summed E-state index contributed by atoms with van der Waals surface area (Å²) in [7, 11) is 0. The van der Waals surface area contributed by atoms with Crippen molar-refractivity contribution in [1.29, 1.82) is 0 Å². The molecule has 0 saturated carbocycles. The van der Waals surface area contributed by atoms with Crippen LogP contribution in [0.4, 0.5) is 38.0 Å². The number of non-ortho nitro benzene ring substituents is 1. The Bertz CT molecular complexity index is 1060. The first-order valence-electron chi connectivity index (χ1n) is 9.52. The van der Waals surface area contributed by atoms with Gasteiger partial charge < -0.3 is 21.3 Å². The summed E-state index contributed by atoms with van der Waals surface area (Å²) in [6, 6.07) is 18.8. The number of benzene rings is 3. The fourth-order valence-corrected chi connectivity index (χ4v) is 2.71. The molecule has 3 rings (SSSR count). The molecule has 158 valence electrons. The number of carbonyl (C=O) groups is 2. The molecule has 9 heteroatoms. The summed E-state index contributed by atoms with van der Waals surface area (Å²) >= 11 is 0. The third-order valence-corrected chi connectivity index (χ3v) is 4.36. The number of hydrogen-bond acceptors (Lipinski definition) is 4. The van der Waals surface area contributed by atoms with Gasteiger partial charge in [-0.2, -0.15) is 0 Å². The Balaban J connectivity index is 1.50. The van der Waals surface area contributed by atoms with Gasteiger partial charge in [-0.25, -0.2) is 9.59 Å². The Morgan fingerprint density at radius 3 is 1.32 bits per heavy atom. The quantitative estimate of drug-likeness (QED) is 0.313. The number of amides is 4. The maximum Gasteiger partial charge on any atom is 0.323 e. The average molecular weight is 419 g/mol. The second kappa shape index (κ2) is 9.88. The van der Waals surface area contributed by atoms with E-state index < -0.39 is 11.0 Å². The molecule has 0 heterocycles. The predicted octanol–water partition coefficient (Wildman–Crippen LogP) is 5.45. The molecule has 0 aliphatic carbocycles. The molecular formula is C22H21N5O4. The molecule has 0 bridgehead atoms. The number of nitrogens with zero attached hydrogens (tertiary/aromatic N) is 1. The van der Waals surface area contributed by atoms with E-state index in [2.05, 4.69) is 28.2 Å². The van der Waals surface area contributed by atoms with Gasteiger partial charge in [0, 0.05) is 34.9 Å². The summed E-state index contributed by atoms with van der Waals surface area (Å²) < 4.78 is 0. The maximum atomic E-state index is 12.1. The number of carbonyl (C=O) groups excluding carboxylic acids is 2. The van der Waals surface area contributed by atoms with Crippen molar-refractivity contribution in [3.63, 3.8) is 0 Å². The topological polar surface area (TPSA) is 125 Å². The third kappa shape index (κ3) is 6.29. The Morgan fingerprint density at radius 2 is 1.00 bits per heavy atom. The molecule has 0 aliphatic rings. The molecule has 31 heavy (non-hydrogen) atoms. The van der Waals surface area contributed by atoms with E-state index in [9.17, 15) is 19.7 Å². The van der Waals surface area contributed by atoms with Gasteiger partial charge in [-0.05, 0) is 60.5 Å². The lowest BCUT2D eigenvalue weighted by atomic mass is 10.1. The highest BCUT2D eigenvalue weighted by Gasteiger charge is 2.07. The van der Waals surface area contributed by atoms with Crippen molar-refractivity contribution in [2.24, 2.45) is 0 Å². The fourth-order valence-electron chi connectivity index (χ4n) is 2.71. The van der Waals surface area contributed by atoms with Crippen LogP contribution in [0.15, 0.2) is 72.8 Å². The highest BCUT2D eigenvalue weighted by atomic mass is 16.6. The van der Waals surface area contributed by atoms with Crippen LogP contribution in [0.25, 0.3) is 0 Å². The number of aryl methyl sites for hydroxylation is 1. The minimum Gasteiger partial charge on any atom is -0.308 e. The van der Waals surface area contributed by atoms with Crippen LogP contribution in [-0.4, -0.2) is 17.0 Å². The van der Waals surface area contributed by atoms with Crippen LogP contribution in [0, 0.1) is 10.1 Å². The Hall–Kier alpha value is -4.40. The highest BCUT2D eigenvalue weighted by Crippen LogP contribution is 2.17. The molecule has 0 atom stereocenters. The minimum absolute atomic E-state index is 0.0592. The van der Waals surface area contributed by atoms with Crippen molar-refractivity contribution in [3.8, 4) is 0 Å². The lowest BCUT2D eigenvalue weighted by Crippen LogP contribution is -2.20. The summed E-state index contributed by atoms with van der Waals surface area (Å²) in [6.07, 6.45) is 0.929. The molecule has 9 nitrogen and oxygen atoms in total. The summed E-state index contributed by atoms with van der Waals surface area (Å²) in [5, 5.41) is 21.4. The number of nitrogens with one attached hydrogen (secondary N) is 4. The van der Waals surface area contributed by atoms with E-state index in [4.69, 9.17) is 0 Å². The van der Waals surface area contributed by atoms with Crippen LogP contribution in [0.5, 0.6) is 0 Å². The van der Waals surface area contributed by atoms with Crippen LogP contribution in [0.1, 0.15) is 12.5 Å². The van der Waals surface area contributed by atoms with Crippen molar-refractivity contribution in [2.45, 2.75) is 13.3 Å². The molecule has 0 aromatic heterocycles. The highest BCUT2D eigenvalue weighted by molar-refractivity contribution is 6.01. The fraction of sp³-hybridized carbons (Fsp3) is 0.0909.